The number of pyridine rings is 1. The van der Waals surface area contributed by atoms with Gasteiger partial charge in [-0.2, -0.15) is 13.2 Å². The van der Waals surface area contributed by atoms with E-state index in [4.69, 9.17) is 5.73 Å². The molecule has 0 saturated carbocycles. The molecule has 0 aliphatic rings. The minimum absolute atomic E-state index is 0.0272. The van der Waals surface area contributed by atoms with Crippen LogP contribution in [0.3, 0.4) is 0 Å². The predicted molar refractivity (Wildman–Crippen MR) is 51.2 cm³/mol. The Hall–Kier alpha value is -1.10. The largest absolute Gasteiger partial charge is 0.418 e. The quantitative estimate of drug-likeness (QED) is 0.845. The maximum absolute atomic E-state index is 12.5. The lowest BCUT2D eigenvalue weighted by atomic mass is 10.0. The summed E-state index contributed by atoms with van der Waals surface area (Å²) in [5, 5.41) is 0. The van der Waals surface area contributed by atoms with Gasteiger partial charge in [0.1, 0.15) is 0 Å². The third kappa shape index (κ3) is 3.20. The molecule has 15 heavy (non-hydrogen) atoms. The first-order chi connectivity index (χ1) is 6.95. The fraction of sp³-hybridized carbons (Fsp3) is 0.500. The summed E-state index contributed by atoms with van der Waals surface area (Å²) in [4.78, 5) is 3.73. The molecule has 1 heterocycles. The van der Waals surface area contributed by atoms with E-state index in [2.05, 4.69) is 4.98 Å². The van der Waals surface area contributed by atoms with Crippen molar-refractivity contribution in [1.29, 1.82) is 0 Å². The average Bonchev–Trinajstić information content (AvgIpc) is 2.17. The molecule has 0 saturated heterocycles. The number of nitrogens with two attached hydrogens (primary N) is 1. The summed E-state index contributed by atoms with van der Waals surface area (Å²) in [5.74, 6) is 0. The fourth-order valence-electron chi connectivity index (χ4n) is 1.25. The number of alkyl halides is 3. The maximum Gasteiger partial charge on any atom is 0.418 e. The van der Waals surface area contributed by atoms with E-state index in [9.17, 15) is 13.2 Å². The van der Waals surface area contributed by atoms with Gasteiger partial charge in [0.25, 0.3) is 0 Å². The van der Waals surface area contributed by atoms with Crippen LogP contribution in [0.5, 0.6) is 0 Å². The smallest absolute Gasteiger partial charge is 0.327 e. The van der Waals surface area contributed by atoms with Crippen LogP contribution in [0.25, 0.3) is 0 Å². The van der Waals surface area contributed by atoms with E-state index in [1.807, 2.05) is 6.92 Å². The lowest BCUT2D eigenvalue weighted by molar-refractivity contribution is -0.138. The van der Waals surface area contributed by atoms with Crippen molar-refractivity contribution in [3.05, 3.63) is 29.6 Å². The first kappa shape index (κ1) is 12.0. The van der Waals surface area contributed by atoms with E-state index in [1.165, 1.54) is 12.3 Å². The van der Waals surface area contributed by atoms with Gasteiger partial charge in [0, 0.05) is 18.7 Å². The number of hydrogen-bond acceptors (Lipinski definition) is 2. The van der Waals surface area contributed by atoms with Crippen molar-refractivity contribution in [1.82, 2.24) is 4.98 Å². The summed E-state index contributed by atoms with van der Waals surface area (Å²) in [6, 6.07) is 2.04. The van der Waals surface area contributed by atoms with Crippen LogP contribution < -0.4 is 5.73 Å². The fourth-order valence-corrected chi connectivity index (χ4v) is 1.25. The van der Waals surface area contributed by atoms with Gasteiger partial charge in [0.2, 0.25) is 0 Å². The van der Waals surface area contributed by atoms with E-state index in [0.717, 1.165) is 6.07 Å². The summed E-state index contributed by atoms with van der Waals surface area (Å²) in [6.45, 7) is 1.83. The van der Waals surface area contributed by atoms with Gasteiger partial charge < -0.3 is 5.73 Å². The zero-order valence-electron chi connectivity index (χ0n) is 8.38. The predicted octanol–water partition coefficient (Wildman–Crippen LogP) is 2.38. The number of rotatable bonds is 3. The molecule has 84 valence electrons. The number of nitrogens with zero attached hydrogens (tertiary/aromatic N) is 1. The van der Waals surface area contributed by atoms with Crippen molar-refractivity contribution in [2.24, 2.45) is 5.73 Å². The molecule has 0 spiro atoms. The zero-order valence-corrected chi connectivity index (χ0v) is 8.38. The van der Waals surface area contributed by atoms with Crippen LogP contribution in [0.2, 0.25) is 0 Å². The van der Waals surface area contributed by atoms with Crippen LogP contribution in [-0.2, 0) is 12.6 Å². The Morgan fingerprint density at radius 2 is 2.13 bits per heavy atom. The first-order valence-electron chi connectivity index (χ1n) is 4.71. The molecule has 1 unspecified atom stereocenters. The van der Waals surface area contributed by atoms with Gasteiger partial charge in [0.05, 0.1) is 11.3 Å². The van der Waals surface area contributed by atoms with E-state index in [-0.39, 0.29) is 18.2 Å². The normalized spacial score (nSPS) is 13.9. The zero-order chi connectivity index (χ0) is 11.5. The second kappa shape index (κ2) is 4.61. The molecule has 0 aliphatic carbocycles. The van der Waals surface area contributed by atoms with Gasteiger partial charge in [-0.3, -0.25) is 4.98 Å². The molecular formula is C10H13F3N2. The minimum atomic E-state index is -4.35. The van der Waals surface area contributed by atoms with E-state index >= 15 is 0 Å². The summed E-state index contributed by atoms with van der Waals surface area (Å²) in [7, 11) is 0. The van der Waals surface area contributed by atoms with E-state index in [1.54, 1.807) is 0 Å². The summed E-state index contributed by atoms with van der Waals surface area (Å²) in [5.41, 5.74) is 4.95. The molecule has 0 amide bonds. The van der Waals surface area contributed by atoms with Gasteiger partial charge in [-0.05, 0) is 18.6 Å². The minimum Gasteiger partial charge on any atom is -0.327 e. The topological polar surface area (TPSA) is 38.9 Å². The standard InChI is InChI=1S/C10H13F3N2/c1-2-7(14)6-9-8(10(11,12)13)4-3-5-15-9/h3-5,7H,2,6,14H2,1H3. The van der Waals surface area contributed by atoms with Crippen LogP contribution in [-0.4, -0.2) is 11.0 Å². The third-order valence-electron chi connectivity index (χ3n) is 2.18. The highest BCUT2D eigenvalue weighted by molar-refractivity contribution is 5.23. The molecule has 1 rings (SSSR count). The maximum atomic E-state index is 12.5. The van der Waals surface area contributed by atoms with Crippen molar-refractivity contribution in [2.75, 3.05) is 0 Å². The Morgan fingerprint density at radius 3 is 2.67 bits per heavy atom. The molecule has 1 aromatic rings. The highest BCUT2D eigenvalue weighted by atomic mass is 19.4. The molecule has 0 fully saturated rings. The Morgan fingerprint density at radius 1 is 1.47 bits per heavy atom. The second-order valence-electron chi connectivity index (χ2n) is 3.37. The molecular weight excluding hydrogens is 205 g/mol. The first-order valence-corrected chi connectivity index (χ1v) is 4.71. The van der Waals surface area contributed by atoms with Crippen LogP contribution in [0.15, 0.2) is 18.3 Å². The van der Waals surface area contributed by atoms with E-state index in [0.29, 0.717) is 6.42 Å². The third-order valence-corrected chi connectivity index (χ3v) is 2.18. The second-order valence-corrected chi connectivity index (χ2v) is 3.37. The van der Waals surface area contributed by atoms with Gasteiger partial charge in [-0.15, -0.1) is 0 Å². The van der Waals surface area contributed by atoms with Crippen molar-refractivity contribution in [3.8, 4) is 0 Å². The Bertz CT molecular complexity index is 323. The summed E-state index contributed by atoms with van der Waals surface area (Å²) >= 11 is 0. The van der Waals surface area contributed by atoms with Crippen molar-refractivity contribution in [2.45, 2.75) is 32.0 Å². The highest BCUT2D eigenvalue weighted by Gasteiger charge is 2.33. The molecule has 0 bridgehead atoms. The van der Waals surface area contributed by atoms with Gasteiger partial charge >= 0.3 is 6.18 Å². The molecule has 0 aromatic carbocycles. The lowest BCUT2D eigenvalue weighted by Gasteiger charge is -2.14. The number of halogens is 3. The van der Waals surface area contributed by atoms with E-state index < -0.39 is 11.7 Å². The monoisotopic (exact) mass is 218 g/mol. The molecule has 1 aromatic heterocycles. The molecule has 2 N–H and O–H groups in total. The van der Waals surface area contributed by atoms with Crippen LogP contribution >= 0.6 is 0 Å². The Balaban J connectivity index is 2.97. The Labute approximate surface area is 86.3 Å². The molecule has 5 heteroatoms. The van der Waals surface area contributed by atoms with Gasteiger partial charge in [-0.1, -0.05) is 6.92 Å². The van der Waals surface area contributed by atoms with Crippen LogP contribution in [0.1, 0.15) is 24.6 Å². The summed E-state index contributed by atoms with van der Waals surface area (Å²) < 4.78 is 37.6. The molecule has 0 aliphatic heterocycles. The van der Waals surface area contributed by atoms with Crippen molar-refractivity contribution < 1.29 is 13.2 Å². The van der Waals surface area contributed by atoms with Crippen molar-refractivity contribution in [3.63, 3.8) is 0 Å². The van der Waals surface area contributed by atoms with Gasteiger partial charge in [-0.25, -0.2) is 0 Å². The van der Waals surface area contributed by atoms with Crippen LogP contribution in [0.4, 0.5) is 13.2 Å². The summed E-state index contributed by atoms with van der Waals surface area (Å²) in [6.07, 6.45) is -2.20. The Kier molecular flexibility index (Phi) is 3.68. The average molecular weight is 218 g/mol. The van der Waals surface area contributed by atoms with Crippen LogP contribution in [0, 0.1) is 0 Å². The molecule has 1 atom stereocenters. The number of hydrogen-bond donors (Lipinski definition) is 1. The molecule has 0 radical (unpaired) electrons. The van der Waals surface area contributed by atoms with Crippen molar-refractivity contribution >= 4 is 0 Å². The lowest BCUT2D eigenvalue weighted by Crippen LogP contribution is -2.24. The van der Waals surface area contributed by atoms with Gasteiger partial charge in [0.15, 0.2) is 0 Å². The highest BCUT2D eigenvalue weighted by Crippen LogP contribution is 2.31. The number of aromatic nitrogens is 1. The molecule has 2 nitrogen and oxygen atoms in total. The SMILES string of the molecule is CCC(N)Cc1ncccc1C(F)(F)F.